The Balaban J connectivity index is 1.95. The quantitative estimate of drug-likeness (QED) is 0.614. The Hall–Kier alpha value is -1.82. The molecule has 2 saturated heterocycles. The third kappa shape index (κ3) is 1.30. The number of nitrogens with zero attached hydrogens (tertiary/aromatic N) is 1. The van der Waals surface area contributed by atoms with Crippen molar-refractivity contribution in [3.63, 3.8) is 0 Å². The van der Waals surface area contributed by atoms with Crippen LogP contribution in [0.4, 0.5) is 10.5 Å². The highest BCUT2D eigenvalue weighted by Gasteiger charge is 2.44. The zero-order valence-corrected chi connectivity index (χ0v) is 9.12. The molecule has 0 aliphatic carbocycles. The van der Waals surface area contributed by atoms with Gasteiger partial charge in [0.25, 0.3) is 0 Å². The molecule has 5 nitrogen and oxygen atoms in total. The minimum absolute atomic E-state index is 0.122. The van der Waals surface area contributed by atoms with Gasteiger partial charge in [-0.15, -0.1) is 0 Å². The fraction of sp³-hybridized carbons (Fsp3) is 0.200. The molecular formula is C10H10N4OS. The highest BCUT2D eigenvalue weighted by molar-refractivity contribution is 7.80. The molecule has 0 bridgehead atoms. The maximum absolute atomic E-state index is 11.8. The largest absolute Gasteiger partial charge is 0.339 e. The third-order valence-corrected chi connectivity index (χ3v) is 2.93. The highest BCUT2D eigenvalue weighted by Crippen LogP contribution is 2.22. The number of carbonyl (C=O) groups excluding carboxylic acids is 1. The molecule has 6 heteroatoms. The van der Waals surface area contributed by atoms with Gasteiger partial charge in [-0.05, 0) is 24.4 Å². The van der Waals surface area contributed by atoms with E-state index in [0.717, 1.165) is 5.69 Å². The Morgan fingerprint density at radius 1 is 1.12 bits per heavy atom. The first-order valence-corrected chi connectivity index (χ1v) is 5.38. The van der Waals surface area contributed by atoms with E-state index in [0.29, 0.717) is 5.11 Å². The molecule has 2 fully saturated rings. The number of rotatable bonds is 1. The Labute approximate surface area is 97.8 Å². The van der Waals surface area contributed by atoms with Crippen molar-refractivity contribution in [1.82, 2.24) is 16.0 Å². The summed E-state index contributed by atoms with van der Waals surface area (Å²) in [7, 11) is 0. The molecule has 2 aliphatic heterocycles. The minimum Gasteiger partial charge on any atom is -0.339 e. The molecule has 1 aromatic carbocycles. The first kappa shape index (κ1) is 9.41. The van der Waals surface area contributed by atoms with Gasteiger partial charge in [0, 0.05) is 5.69 Å². The molecule has 82 valence electrons. The maximum atomic E-state index is 11.8. The highest BCUT2D eigenvalue weighted by atomic mass is 32.1. The van der Waals surface area contributed by atoms with Crippen LogP contribution in [-0.2, 0) is 0 Å². The SMILES string of the molecule is O=C1N[C@H]2NC(=S)N[C@H]2N1c1ccccc1. The number of para-hydroxylation sites is 1. The third-order valence-electron chi connectivity index (χ3n) is 2.69. The molecule has 0 aromatic heterocycles. The van der Waals surface area contributed by atoms with Gasteiger partial charge in [0.1, 0.15) is 12.3 Å². The number of amides is 2. The molecule has 1 aromatic rings. The summed E-state index contributed by atoms with van der Waals surface area (Å²) < 4.78 is 0. The second-order valence-electron chi connectivity index (χ2n) is 3.70. The summed E-state index contributed by atoms with van der Waals surface area (Å²) in [6, 6.07) is 9.38. The van der Waals surface area contributed by atoms with E-state index < -0.39 is 0 Å². The van der Waals surface area contributed by atoms with Gasteiger partial charge in [0.15, 0.2) is 5.11 Å². The molecule has 0 radical (unpaired) electrons. The van der Waals surface area contributed by atoms with Crippen LogP contribution < -0.4 is 20.9 Å². The first-order chi connectivity index (χ1) is 7.75. The number of benzene rings is 1. The van der Waals surface area contributed by atoms with Gasteiger partial charge >= 0.3 is 6.03 Å². The predicted molar refractivity (Wildman–Crippen MR) is 63.9 cm³/mol. The van der Waals surface area contributed by atoms with E-state index >= 15 is 0 Å². The van der Waals surface area contributed by atoms with Gasteiger partial charge in [0.2, 0.25) is 0 Å². The molecule has 16 heavy (non-hydrogen) atoms. The summed E-state index contributed by atoms with van der Waals surface area (Å²) in [5, 5.41) is 9.44. The van der Waals surface area contributed by atoms with E-state index in [1.807, 2.05) is 30.3 Å². The maximum Gasteiger partial charge on any atom is 0.325 e. The minimum atomic E-state index is -0.153. The molecular weight excluding hydrogens is 224 g/mol. The molecule has 3 rings (SSSR count). The number of hydrogen-bond donors (Lipinski definition) is 3. The summed E-state index contributed by atoms with van der Waals surface area (Å²) in [6.07, 6.45) is -0.303. The lowest BCUT2D eigenvalue weighted by Gasteiger charge is -2.21. The number of hydrogen-bond acceptors (Lipinski definition) is 2. The zero-order valence-electron chi connectivity index (χ0n) is 8.31. The molecule has 0 unspecified atom stereocenters. The van der Waals surface area contributed by atoms with Crippen molar-refractivity contribution in [3.8, 4) is 0 Å². The van der Waals surface area contributed by atoms with E-state index in [4.69, 9.17) is 12.2 Å². The predicted octanol–water partition coefficient (Wildman–Crippen LogP) is 0.346. The lowest BCUT2D eigenvalue weighted by Crippen LogP contribution is -2.43. The molecule has 2 heterocycles. The monoisotopic (exact) mass is 234 g/mol. The fourth-order valence-corrected chi connectivity index (χ4v) is 2.25. The molecule has 2 atom stereocenters. The van der Waals surface area contributed by atoms with Crippen LogP contribution in [0.15, 0.2) is 30.3 Å². The van der Waals surface area contributed by atoms with Crippen LogP contribution in [0.1, 0.15) is 0 Å². The Morgan fingerprint density at radius 3 is 2.62 bits per heavy atom. The van der Waals surface area contributed by atoms with Crippen LogP contribution in [0.3, 0.4) is 0 Å². The fourth-order valence-electron chi connectivity index (χ4n) is 2.00. The summed E-state index contributed by atoms with van der Waals surface area (Å²) in [5.74, 6) is 0. The lowest BCUT2D eigenvalue weighted by atomic mass is 10.3. The Kier molecular flexibility index (Phi) is 1.97. The van der Waals surface area contributed by atoms with Crippen molar-refractivity contribution in [3.05, 3.63) is 30.3 Å². The summed E-state index contributed by atoms with van der Waals surface area (Å²) in [4.78, 5) is 13.5. The first-order valence-electron chi connectivity index (χ1n) is 4.97. The zero-order chi connectivity index (χ0) is 11.1. The average molecular weight is 234 g/mol. The van der Waals surface area contributed by atoms with Gasteiger partial charge in [-0.25, -0.2) is 4.79 Å². The van der Waals surface area contributed by atoms with Crippen LogP contribution >= 0.6 is 12.2 Å². The standard InChI is InChI=1S/C10H10N4OS/c15-10-12-7-8(13-9(16)11-7)14(10)6-4-2-1-3-5-6/h1-5,7-8H,(H,12,15)(H2,11,13,16)/t7-,8+/m1/s1. The molecule has 0 saturated carbocycles. The number of carbonyl (C=O) groups is 1. The van der Waals surface area contributed by atoms with E-state index in [9.17, 15) is 4.79 Å². The van der Waals surface area contributed by atoms with E-state index in [2.05, 4.69) is 16.0 Å². The second kappa shape index (κ2) is 3.34. The number of nitrogens with one attached hydrogen (secondary N) is 3. The van der Waals surface area contributed by atoms with Crippen LogP contribution in [0.2, 0.25) is 0 Å². The van der Waals surface area contributed by atoms with Crippen LogP contribution in [0.5, 0.6) is 0 Å². The van der Waals surface area contributed by atoms with Gasteiger partial charge in [0.05, 0.1) is 0 Å². The number of thiocarbonyl (C=S) groups is 1. The molecule has 2 amide bonds. The van der Waals surface area contributed by atoms with Gasteiger partial charge in [-0.3, -0.25) is 4.90 Å². The molecule has 3 N–H and O–H groups in total. The average Bonchev–Trinajstić information content (AvgIpc) is 2.74. The normalized spacial score (nSPS) is 27.1. The van der Waals surface area contributed by atoms with E-state index in [1.54, 1.807) is 4.90 Å². The summed E-state index contributed by atoms with van der Waals surface area (Å²) in [6.45, 7) is 0. The van der Waals surface area contributed by atoms with E-state index in [-0.39, 0.29) is 18.4 Å². The number of anilines is 1. The van der Waals surface area contributed by atoms with Crippen molar-refractivity contribution in [2.45, 2.75) is 12.3 Å². The van der Waals surface area contributed by atoms with Crippen LogP contribution in [0.25, 0.3) is 0 Å². The summed E-state index contributed by atoms with van der Waals surface area (Å²) in [5.41, 5.74) is 0.853. The van der Waals surface area contributed by atoms with E-state index in [1.165, 1.54) is 0 Å². The second-order valence-corrected chi connectivity index (χ2v) is 4.10. The molecule has 0 spiro atoms. The number of urea groups is 1. The Morgan fingerprint density at radius 2 is 1.88 bits per heavy atom. The van der Waals surface area contributed by atoms with Gasteiger partial charge < -0.3 is 16.0 Å². The molecule has 2 aliphatic rings. The smallest absolute Gasteiger partial charge is 0.325 e. The summed E-state index contributed by atoms with van der Waals surface area (Å²) >= 11 is 5.01. The van der Waals surface area contributed by atoms with Crippen molar-refractivity contribution < 1.29 is 4.79 Å². The van der Waals surface area contributed by atoms with Crippen LogP contribution in [-0.4, -0.2) is 23.5 Å². The lowest BCUT2D eigenvalue weighted by molar-refractivity contribution is 0.250. The van der Waals surface area contributed by atoms with Crippen LogP contribution in [0, 0.1) is 0 Å². The van der Waals surface area contributed by atoms with Crippen molar-refractivity contribution in [2.24, 2.45) is 0 Å². The van der Waals surface area contributed by atoms with Crippen molar-refractivity contribution >= 4 is 29.0 Å². The number of fused-ring (bicyclic) bond motifs is 1. The van der Waals surface area contributed by atoms with Gasteiger partial charge in [-0.1, -0.05) is 18.2 Å². The van der Waals surface area contributed by atoms with Crippen molar-refractivity contribution in [1.29, 1.82) is 0 Å². The topological polar surface area (TPSA) is 56.4 Å². The Bertz CT molecular complexity index is 449. The van der Waals surface area contributed by atoms with Gasteiger partial charge in [-0.2, -0.15) is 0 Å². The van der Waals surface area contributed by atoms with Crippen molar-refractivity contribution in [2.75, 3.05) is 4.90 Å².